The van der Waals surface area contributed by atoms with Crippen molar-refractivity contribution in [1.82, 2.24) is 5.32 Å². The number of sulfonamides is 1. The molecule has 2 N–H and O–H groups in total. The minimum Gasteiger partial charge on any atom is -0.345 e. The molecule has 0 saturated heterocycles. The van der Waals surface area contributed by atoms with Gasteiger partial charge in [-0.3, -0.25) is 13.9 Å². The molecule has 3 aromatic rings. The molecular weight excluding hydrogens is 438 g/mol. The lowest BCUT2D eigenvalue weighted by Crippen LogP contribution is -2.29. The van der Waals surface area contributed by atoms with E-state index in [1.54, 1.807) is 55.5 Å². The van der Waals surface area contributed by atoms with Gasteiger partial charge in [-0.05, 0) is 55.8 Å². The molecule has 0 aliphatic carbocycles. The maximum Gasteiger partial charge on any atom is 0.255 e. The molecule has 0 spiro atoms. The van der Waals surface area contributed by atoms with Crippen LogP contribution in [0.4, 0.5) is 11.4 Å². The number of hydrogen-bond acceptors (Lipinski definition) is 4. The van der Waals surface area contributed by atoms with E-state index in [1.807, 2.05) is 37.3 Å². The van der Waals surface area contributed by atoms with Crippen LogP contribution in [-0.2, 0) is 10.0 Å². The molecule has 0 aliphatic rings. The minimum atomic E-state index is -3.41. The zero-order valence-corrected chi connectivity index (χ0v) is 19.6. The van der Waals surface area contributed by atoms with E-state index in [4.69, 9.17) is 0 Å². The van der Waals surface area contributed by atoms with Crippen LogP contribution in [0.1, 0.15) is 46.2 Å². The van der Waals surface area contributed by atoms with E-state index in [2.05, 4.69) is 10.6 Å². The normalized spacial score (nSPS) is 12.0. The molecule has 0 saturated carbocycles. The lowest BCUT2D eigenvalue weighted by molar-refractivity contribution is 0.0940. The Labute approximate surface area is 194 Å². The molecule has 0 unspecified atom stereocenters. The van der Waals surface area contributed by atoms with Crippen LogP contribution in [0.25, 0.3) is 0 Å². The van der Waals surface area contributed by atoms with Crippen LogP contribution in [0.3, 0.4) is 0 Å². The van der Waals surface area contributed by atoms with Crippen LogP contribution in [0.15, 0.2) is 78.9 Å². The van der Waals surface area contributed by atoms with Gasteiger partial charge >= 0.3 is 0 Å². The fraction of sp³-hybridized carbons (Fsp3) is 0.200. The van der Waals surface area contributed by atoms with Crippen molar-refractivity contribution in [1.29, 1.82) is 0 Å². The van der Waals surface area contributed by atoms with Crippen molar-refractivity contribution in [2.45, 2.75) is 19.9 Å². The summed E-state index contributed by atoms with van der Waals surface area (Å²) in [4.78, 5) is 25.7. The molecule has 0 aromatic heterocycles. The second kappa shape index (κ2) is 10.3. The molecule has 3 aromatic carbocycles. The van der Waals surface area contributed by atoms with Crippen molar-refractivity contribution >= 4 is 33.2 Å². The van der Waals surface area contributed by atoms with Crippen LogP contribution in [0.2, 0.25) is 0 Å². The molecule has 1 atom stereocenters. The topological polar surface area (TPSA) is 95.6 Å². The van der Waals surface area contributed by atoms with Crippen molar-refractivity contribution in [2.75, 3.05) is 22.4 Å². The number of hydrogen-bond donors (Lipinski definition) is 2. The largest absolute Gasteiger partial charge is 0.345 e. The highest BCUT2D eigenvalue weighted by molar-refractivity contribution is 7.92. The Morgan fingerprint density at radius 3 is 2.09 bits per heavy atom. The summed E-state index contributed by atoms with van der Waals surface area (Å²) < 4.78 is 25.1. The summed E-state index contributed by atoms with van der Waals surface area (Å²) in [6.07, 6.45) is 1.14. The van der Waals surface area contributed by atoms with Crippen LogP contribution < -0.4 is 14.9 Å². The third-order valence-electron chi connectivity index (χ3n) is 5.17. The van der Waals surface area contributed by atoms with Gasteiger partial charge in [0.05, 0.1) is 29.2 Å². The van der Waals surface area contributed by atoms with Crippen molar-refractivity contribution in [2.24, 2.45) is 0 Å². The lowest BCUT2D eigenvalue weighted by Gasteiger charge is -2.20. The summed E-state index contributed by atoms with van der Waals surface area (Å²) in [5, 5.41) is 5.74. The third-order valence-corrected chi connectivity index (χ3v) is 6.44. The first-order chi connectivity index (χ1) is 15.7. The van der Waals surface area contributed by atoms with Crippen LogP contribution in [0, 0.1) is 0 Å². The smallest absolute Gasteiger partial charge is 0.255 e. The Kier molecular flexibility index (Phi) is 7.50. The summed E-state index contributed by atoms with van der Waals surface area (Å²) in [6.45, 7) is 3.92. The predicted octanol–water partition coefficient (Wildman–Crippen LogP) is 4.22. The molecule has 0 aliphatic heterocycles. The average Bonchev–Trinajstić information content (AvgIpc) is 2.80. The quantitative estimate of drug-likeness (QED) is 0.521. The number of nitrogens with zero attached hydrogens (tertiary/aromatic N) is 1. The predicted molar refractivity (Wildman–Crippen MR) is 131 cm³/mol. The van der Waals surface area contributed by atoms with E-state index < -0.39 is 15.9 Å². The van der Waals surface area contributed by atoms with Gasteiger partial charge in [0.15, 0.2) is 0 Å². The number of amides is 2. The van der Waals surface area contributed by atoms with Crippen molar-refractivity contribution in [3.05, 3.63) is 95.6 Å². The molecule has 3 rings (SSSR count). The Morgan fingerprint density at radius 2 is 1.48 bits per heavy atom. The number of anilines is 2. The Balaban J connectivity index is 1.75. The molecule has 2 amide bonds. The SMILES string of the molecule is CCN(c1ccc(C(=O)Nc2ccccc2C(=O)N[C@H](C)c2ccccc2)cc1)S(C)(=O)=O. The fourth-order valence-corrected chi connectivity index (χ4v) is 4.45. The number of nitrogens with one attached hydrogen (secondary N) is 2. The average molecular weight is 466 g/mol. The van der Waals surface area contributed by atoms with Gasteiger partial charge in [-0.15, -0.1) is 0 Å². The first kappa shape index (κ1) is 24.0. The van der Waals surface area contributed by atoms with Crippen LogP contribution >= 0.6 is 0 Å². The van der Waals surface area contributed by atoms with Crippen molar-refractivity contribution in [3.63, 3.8) is 0 Å². The molecule has 7 nitrogen and oxygen atoms in total. The van der Waals surface area contributed by atoms with E-state index in [9.17, 15) is 18.0 Å². The highest BCUT2D eigenvalue weighted by atomic mass is 32.2. The number of rotatable bonds is 8. The summed E-state index contributed by atoms with van der Waals surface area (Å²) >= 11 is 0. The number of benzene rings is 3. The molecule has 0 bridgehead atoms. The van der Waals surface area contributed by atoms with Gasteiger partial charge in [0.2, 0.25) is 10.0 Å². The minimum absolute atomic E-state index is 0.202. The van der Waals surface area contributed by atoms with E-state index in [0.717, 1.165) is 11.8 Å². The van der Waals surface area contributed by atoms with Crippen molar-refractivity contribution in [3.8, 4) is 0 Å². The van der Waals surface area contributed by atoms with E-state index in [1.165, 1.54) is 4.31 Å². The number of carbonyl (C=O) groups is 2. The Bertz CT molecular complexity index is 1230. The number of para-hydroxylation sites is 1. The van der Waals surface area contributed by atoms with Gasteiger partial charge in [-0.1, -0.05) is 42.5 Å². The molecule has 33 heavy (non-hydrogen) atoms. The Morgan fingerprint density at radius 1 is 0.879 bits per heavy atom. The van der Waals surface area contributed by atoms with E-state index in [-0.39, 0.29) is 18.5 Å². The summed E-state index contributed by atoms with van der Waals surface area (Å²) in [6, 6.07) is 22.5. The molecular formula is C25H27N3O4S. The first-order valence-corrected chi connectivity index (χ1v) is 12.4. The maximum atomic E-state index is 12.9. The van der Waals surface area contributed by atoms with E-state index >= 15 is 0 Å². The van der Waals surface area contributed by atoms with Gasteiger partial charge in [-0.2, -0.15) is 0 Å². The monoisotopic (exact) mass is 465 g/mol. The molecule has 0 radical (unpaired) electrons. The zero-order chi connectivity index (χ0) is 24.0. The highest BCUT2D eigenvalue weighted by Gasteiger charge is 2.18. The van der Waals surface area contributed by atoms with Crippen molar-refractivity contribution < 1.29 is 18.0 Å². The second-order valence-electron chi connectivity index (χ2n) is 7.58. The molecule has 172 valence electrons. The first-order valence-electron chi connectivity index (χ1n) is 10.5. The zero-order valence-electron chi connectivity index (χ0n) is 18.8. The van der Waals surface area contributed by atoms with Gasteiger partial charge in [0.1, 0.15) is 0 Å². The highest BCUT2D eigenvalue weighted by Crippen LogP contribution is 2.21. The second-order valence-corrected chi connectivity index (χ2v) is 9.49. The summed E-state index contributed by atoms with van der Waals surface area (Å²) in [5.41, 5.74) is 2.53. The molecule has 0 heterocycles. The van der Waals surface area contributed by atoms with Crippen LogP contribution in [0.5, 0.6) is 0 Å². The summed E-state index contributed by atoms with van der Waals surface area (Å²) in [5.74, 6) is -0.704. The lowest BCUT2D eigenvalue weighted by atomic mass is 10.1. The van der Waals surface area contributed by atoms with E-state index in [0.29, 0.717) is 22.5 Å². The maximum absolute atomic E-state index is 12.9. The van der Waals surface area contributed by atoms with Gasteiger partial charge in [0.25, 0.3) is 11.8 Å². The molecule has 8 heteroatoms. The Hall–Kier alpha value is -3.65. The standard InChI is InChI=1S/C25H27N3O4S/c1-4-28(33(3,31)32)21-16-14-20(15-17-21)24(29)27-23-13-9-8-12-22(23)25(30)26-18(2)19-10-6-5-7-11-19/h5-18H,4H2,1-3H3,(H,26,30)(H,27,29)/t18-/m1/s1. The molecule has 0 fully saturated rings. The van der Waals surface area contributed by atoms with Gasteiger partial charge in [-0.25, -0.2) is 8.42 Å². The third kappa shape index (κ3) is 5.98. The van der Waals surface area contributed by atoms with Gasteiger partial charge in [0, 0.05) is 12.1 Å². The number of carbonyl (C=O) groups excluding carboxylic acids is 2. The summed E-state index contributed by atoms with van der Waals surface area (Å²) in [7, 11) is -3.41. The van der Waals surface area contributed by atoms with Gasteiger partial charge < -0.3 is 10.6 Å². The van der Waals surface area contributed by atoms with Crippen LogP contribution in [-0.4, -0.2) is 33.0 Å². The fourth-order valence-electron chi connectivity index (χ4n) is 3.47.